The van der Waals surface area contributed by atoms with Crippen molar-refractivity contribution in [3.8, 4) is 11.8 Å². The molecular weight excluding hydrogens is 252 g/mol. The third-order valence-electron chi connectivity index (χ3n) is 2.37. The van der Waals surface area contributed by atoms with Crippen LogP contribution in [0.15, 0.2) is 24.3 Å². The zero-order valence-corrected chi connectivity index (χ0v) is 10.9. The van der Waals surface area contributed by atoms with Crippen LogP contribution in [0, 0.1) is 0 Å². The number of hydrogen-bond donors (Lipinski definition) is 1. The molecule has 2 rings (SSSR count). The van der Waals surface area contributed by atoms with Crippen LogP contribution in [-0.2, 0) is 6.42 Å². The molecule has 0 amide bonds. The standard InChI is InChI=1S/C12H13ClN4O/c1-3-8-6-4-5-7-9(8)18-12-16-10(13)15-11(14-2)17-12/h4-7H,3H2,1-2H3,(H,14,15,16,17). The molecule has 18 heavy (non-hydrogen) atoms. The quantitative estimate of drug-likeness (QED) is 0.920. The highest BCUT2D eigenvalue weighted by Crippen LogP contribution is 2.24. The van der Waals surface area contributed by atoms with Crippen LogP contribution in [0.3, 0.4) is 0 Å². The normalized spacial score (nSPS) is 10.2. The van der Waals surface area contributed by atoms with E-state index in [4.69, 9.17) is 16.3 Å². The topological polar surface area (TPSA) is 59.9 Å². The van der Waals surface area contributed by atoms with Gasteiger partial charge in [0.15, 0.2) is 0 Å². The number of aromatic nitrogens is 3. The number of ether oxygens (including phenoxy) is 1. The monoisotopic (exact) mass is 264 g/mol. The molecule has 0 aliphatic carbocycles. The first-order valence-electron chi connectivity index (χ1n) is 5.58. The molecule has 1 heterocycles. The number of benzene rings is 1. The van der Waals surface area contributed by atoms with Crippen molar-refractivity contribution < 1.29 is 4.74 Å². The van der Waals surface area contributed by atoms with Gasteiger partial charge in [0.1, 0.15) is 5.75 Å². The molecule has 0 bridgehead atoms. The van der Waals surface area contributed by atoms with Gasteiger partial charge in [0.2, 0.25) is 11.2 Å². The second-order valence-electron chi connectivity index (χ2n) is 3.52. The highest BCUT2D eigenvalue weighted by molar-refractivity contribution is 6.28. The average Bonchev–Trinajstić information content (AvgIpc) is 2.38. The van der Waals surface area contributed by atoms with Crippen LogP contribution in [0.5, 0.6) is 11.8 Å². The van der Waals surface area contributed by atoms with Gasteiger partial charge in [-0.25, -0.2) is 0 Å². The smallest absolute Gasteiger partial charge is 0.328 e. The maximum atomic E-state index is 5.79. The highest BCUT2D eigenvalue weighted by atomic mass is 35.5. The Balaban J connectivity index is 2.30. The summed E-state index contributed by atoms with van der Waals surface area (Å²) < 4.78 is 5.64. The zero-order chi connectivity index (χ0) is 13.0. The van der Waals surface area contributed by atoms with Gasteiger partial charge in [-0.15, -0.1) is 0 Å². The predicted octanol–water partition coefficient (Wildman–Crippen LogP) is 2.92. The number of rotatable bonds is 4. The molecule has 1 aromatic heterocycles. The van der Waals surface area contributed by atoms with Crippen molar-refractivity contribution >= 4 is 17.5 Å². The molecule has 0 saturated heterocycles. The Bertz CT molecular complexity index is 547. The SMILES string of the molecule is CCc1ccccc1Oc1nc(Cl)nc(NC)n1. The Hall–Kier alpha value is -1.88. The molecule has 94 valence electrons. The molecule has 2 aromatic rings. The van der Waals surface area contributed by atoms with E-state index >= 15 is 0 Å². The Kier molecular flexibility index (Phi) is 3.94. The van der Waals surface area contributed by atoms with Crippen molar-refractivity contribution in [2.24, 2.45) is 0 Å². The predicted molar refractivity (Wildman–Crippen MR) is 70.3 cm³/mol. The Morgan fingerprint density at radius 3 is 2.72 bits per heavy atom. The van der Waals surface area contributed by atoms with Gasteiger partial charge in [-0.05, 0) is 29.7 Å². The van der Waals surface area contributed by atoms with E-state index in [1.54, 1.807) is 7.05 Å². The average molecular weight is 265 g/mol. The summed E-state index contributed by atoms with van der Waals surface area (Å²) in [6.07, 6.45) is 0.869. The molecule has 0 fully saturated rings. The van der Waals surface area contributed by atoms with E-state index in [0.29, 0.717) is 5.95 Å². The molecular formula is C12H13ClN4O. The van der Waals surface area contributed by atoms with E-state index in [1.165, 1.54) is 0 Å². The number of para-hydroxylation sites is 1. The van der Waals surface area contributed by atoms with E-state index in [-0.39, 0.29) is 11.3 Å². The Morgan fingerprint density at radius 1 is 1.22 bits per heavy atom. The molecule has 0 radical (unpaired) electrons. The summed E-state index contributed by atoms with van der Waals surface area (Å²) in [4.78, 5) is 11.9. The molecule has 5 nitrogen and oxygen atoms in total. The second-order valence-corrected chi connectivity index (χ2v) is 3.86. The van der Waals surface area contributed by atoms with Gasteiger partial charge >= 0.3 is 6.01 Å². The van der Waals surface area contributed by atoms with Crippen LogP contribution < -0.4 is 10.1 Å². The van der Waals surface area contributed by atoms with Gasteiger partial charge in [0.05, 0.1) is 0 Å². The van der Waals surface area contributed by atoms with Crippen molar-refractivity contribution in [1.29, 1.82) is 0 Å². The zero-order valence-electron chi connectivity index (χ0n) is 10.1. The summed E-state index contributed by atoms with van der Waals surface area (Å²) in [7, 11) is 1.70. The van der Waals surface area contributed by atoms with Gasteiger partial charge < -0.3 is 10.1 Å². The fourth-order valence-corrected chi connectivity index (χ4v) is 1.64. The van der Waals surface area contributed by atoms with Crippen molar-refractivity contribution in [3.63, 3.8) is 0 Å². The highest BCUT2D eigenvalue weighted by Gasteiger charge is 2.08. The number of hydrogen-bond acceptors (Lipinski definition) is 5. The maximum Gasteiger partial charge on any atom is 0.328 e. The largest absolute Gasteiger partial charge is 0.424 e. The minimum absolute atomic E-state index is 0.0957. The van der Waals surface area contributed by atoms with E-state index in [1.807, 2.05) is 24.3 Å². The van der Waals surface area contributed by atoms with Gasteiger partial charge in [-0.1, -0.05) is 25.1 Å². The lowest BCUT2D eigenvalue weighted by Gasteiger charge is -2.08. The Labute approximate surface area is 110 Å². The molecule has 6 heteroatoms. The lowest BCUT2D eigenvalue weighted by Crippen LogP contribution is -2.01. The van der Waals surface area contributed by atoms with Crippen LogP contribution in [0.1, 0.15) is 12.5 Å². The van der Waals surface area contributed by atoms with Crippen molar-refractivity contribution in [2.45, 2.75) is 13.3 Å². The summed E-state index contributed by atoms with van der Waals surface area (Å²) in [5.41, 5.74) is 1.08. The number of halogens is 1. The van der Waals surface area contributed by atoms with Crippen molar-refractivity contribution in [1.82, 2.24) is 15.0 Å². The minimum atomic E-state index is 0.0957. The molecule has 1 aromatic carbocycles. The summed E-state index contributed by atoms with van der Waals surface area (Å²) >= 11 is 5.79. The molecule has 0 spiro atoms. The second kappa shape index (κ2) is 5.64. The summed E-state index contributed by atoms with van der Waals surface area (Å²) in [6.45, 7) is 2.06. The van der Waals surface area contributed by atoms with Gasteiger partial charge in [-0.2, -0.15) is 15.0 Å². The van der Waals surface area contributed by atoms with Gasteiger partial charge in [0.25, 0.3) is 0 Å². The van der Waals surface area contributed by atoms with E-state index in [0.717, 1.165) is 17.7 Å². The fraction of sp³-hybridized carbons (Fsp3) is 0.250. The maximum absolute atomic E-state index is 5.79. The molecule has 0 saturated carbocycles. The van der Waals surface area contributed by atoms with Crippen molar-refractivity contribution in [3.05, 3.63) is 35.1 Å². The van der Waals surface area contributed by atoms with E-state index < -0.39 is 0 Å². The summed E-state index contributed by atoms with van der Waals surface area (Å²) in [5.74, 6) is 1.10. The van der Waals surface area contributed by atoms with E-state index in [2.05, 4.69) is 27.2 Å². The minimum Gasteiger partial charge on any atom is -0.424 e. The Morgan fingerprint density at radius 2 is 2.00 bits per heavy atom. The third kappa shape index (κ3) is 2.87. The van der Waals surface area contributed by atoms with Crippen LogP contribution in [0.2, 0.25) is 5.28 Å². The molecule has 1 N–H and O–H groups in total. The molecule has 0 aliphatic heterocycles. The number of nitrogens with zero attached hydrogens (tertiary/aromatic N) is 3. The van der Waals surface area contributed by atoms with Crippen LogP contribution in [-0.4, -0.2) is 22.0 Å². The van der Waals surface area contributed by atoms with E-state index in [9.17, 15) is 0 Å². The molecule has 0 atom stereocenters. The van der Waals surface area contributed by atoms with Gasteiger partial charge in [0, 0.05) is 7.05 Å². The first-order chi connectivity index (χ1) is 8.72. The lowest BCUT2D eigenvalue weighted by atomic mass is 10.1. The van der Waals surface area contributed by atoms with Gasteiger partial charge in [-0.3, -0.25) is 0 Å². The number of nitrogens with one attached hydrogen (secondary N) is 1. The molecule has 0 unspecified atom stereocenters. The number of anilines is 1. The lowest BCUT2D eigenvalue weighted by molar-refractivity contribution is 0.436. The summed E-state index contributed by atoms with van der Waals surface area (Å²) in [5, 5.41) is 2.89. The first-order valence-corrected chi connectivity index (χ1v) is 5.95. The number of aryl methyl sites for hydroxylation is 1. The first kappa shape index (κ1) is 12.6. The van der Waals surface area contributed by atoms with Crippen LogP contribution in [0.4, 0.5) is 5.95 Å². The molecule has 0 aliphatic rings. The summed E-state index contributed by atoms with van der Waals surface area (Å²) in [6, 6.07) is 7.91. The van der Waals surface area contributed by atoms with Crippen LogP contribution >= 0.6 is 11.6 Å². The van der Waals surface area contributed by atoms with Crippen LogP contribution in [0.25, 0.3) is 0 Å². The fourth-order valence-electron chi connectivity index (χ4n) is 1.48. The van der Waals surface area contributed by atoms with Crippen molar-refractivity contribution in [2.75, 3.05) is 12.4 Å². The third-order valence-corrected chi connectivity index (χ3v) is 2.53.